The van der Waals surface area contributed by atoms with Crippen LogP contribution < -0.4 is 0 Å². The molecule has 1 saturated heterocycles. The lowest BCUT2D eigenvalue weighted by Crippen LogP contribution is -2.64. The van der Waals surface area contributed by atoms with Crippen molar-refractivity contribution in [2.45, 2.75) is 84.0 Å². The van der Waals surface area contributed by atoms with E-state index in [4.69, 9.17) is 9.47 Å². The topological polar surface area (TPSA) is 18.5 Å². The van der Waals surface area contributed by atoms with Crippen molar-refractivity contribution in [2.75, 3.05) is 6.61 Å². The minimum Gasteiger partial charge on any atom is -0.373 e. The van der Waals surface area contributed by atoms with Crippen LogP contribution in [0.4, 0.5) is 0 Å². The molecular weight excluding hydrogens is 212 g/mol. The van der Waals surface area contributed by atoms with Crippen molar-refractivity contribution < 1.29 is 9.47 Å². The van der Waals surface area contributed by atoms with Crippen molar-refractivity contribution in [1.29, 1.82) is 0 Å². The molecule has 0 bridgehead atoms. The van der Waals surface area contributed by atoms with Gasteiger partial charge in [0.2, 0.25) is 0 Å². The maximum atomic E-state index is 6.45. The van der Waals surface area contributed by atoms with Crippen LogP contribution in [0.2, 0.25) is 0 Å². The molecule has 0 amide bonds. The normalized spacial score (nSPS) is 45.4. The van der Waals surface area contributed by atoms with Gasteiger partial charge in [0.25, 0.3) is 0 Å². The van der Waals surface area contributed by atoms with Gasteiger partial charge in [-0.3, -0.25) is 0 Å². The number of ether oxygens (including phenoxy) is 2. The van der Waals surface area contributed by atoms with Crippen LogP contribution in [0.25, 0.3) is 0 Å². The smallest absolute Gasteiger partial charge is 0.102 e. The first-order valence-corrected chi connectivity index (χ1v) is 7.19. The third-order valence-corrected chi connectivity index (χ3v) is 5.17. The predicted molar refractivity (Wildman–Crippen MR) is 70.2 cm³/mol. The van der Waals surface area contributed by atoms with Crippen LogP contribution in [0, 0.1) is 5.41 Å². The lowest BCUT2D eigenvalue weighted by molar-refractivity contribution is -0.256. The van der Waals surface area contributed by atoms with E-state index in [9.17, 15) is 0 Å². The monoisotopic (exact) mass is 240 g/mol. The van der Waals surface area contributed by atoms with Gasteiger partial charge in [-0.1, -0.05) is 13.8 Å². The van der Waals surface area contributed by atoms with Gasteiger partial charge in [0.1, 0.15) is 5.60 Å². The second kappa shape index (κ2) is 4.24. The summed E-state index contributed by atoms with van der Waals surface area (Å²) in [5.41, 5.74) is 0.0435. The zero-order chi connectivity index (χ0) is 12.7. The van der Waals surface area contributed by atoms with Gasteiger partial charge in [0, 0.05) is 6.61 Å². The van der Waals surface area contributed by atoms with Gasteiger partial charge in [-0.2, -0.15) is 0 Å². The Bertz CT molecular complexity index is 283. The van der Waals surface area contributed by atoms with Gasteiger partial charge in [-0.05, 0) is 58.3 Å². The van der Waals surface area contributed by atoms with E-state index in [0.717, 1.165) is 19.4 Å². The third-order valence-electron chi connectivity index (χ3n) is 5.17. The molecule has 0 N–H and O–H groups in total. The van der Waals surface area contributed by atoms with E-state index >= 15 is 0 Å². The molecule has 2 heteroatoms. The fourth-order valence-corrected chi connectivity index (χ4v) is 4.25. The van der Waals surface area contributed by atoms with E-state index in [1.54, 1.807) is 0 Å². The van der Waals surface area contributed by atoms with E-state index in [1.165, 1.54) is 19.3 Å². The van der Waals surface area contributed by atoms with Crippen molar-refractivity contribution in [3.63, 3.8) is 0 Å². The van der Waals surface area contributed by atoms with Crippen LogP contribution >= 0.6 is 0 Å². The highest BCUT2D eigenvalue weighted by Gasteiger charge is 2.63. The second-order valence-corrected chi connectivity index (χ2v) is 6.70. The molecule has 2 aliphatic rings. The Labute approximate surface area is 106 Å². The molecule has 1 saturated carbocycles. The van der Waals surface area contributed by atoms with Crippen LogP contribution in [0.5, 0.6) is 0 Å². The number of hydrogen-bond donors (Lipinski definition) is 0. The minimum absolute atomic E-state index is 0.0757. The highest BCUT2D eigenvalue weighted by molar-refractivity contribution is 5.13. The Morgan fingerprint density at radius 3 is 2.41 bits per heavy atom. The molecule has 0 aromatic rings. The average Bonchev–Trinajstić information content (AvgIpc) is 2.61. The Balaban J connectivity index is 2.37. The molecule has 3 atom stereocenters. The lowest BCUT2D eigenvalue weighted by Gasteiger charge is -2.57. The molecule has 2 rings (SSSR count). The molecule has 17 heavy (non-hydrogen) atoms. The summed E-state index contributed by atoms with van der Waals surface area (Å²) >= 11 is 0. The maximum Gasteiger partial charge on any atom is 0.102 e. The van der Waals surface area contributed by atoms with E-state index in [2.05, 4.69) is 34.6 Å². The third kappa shape index (κ3) is 1.84. The summed E-state index contributed by atoms with van der Waals surface area (Å²) in [5, 5.41) is 0. The molecule has 0 radical (unpaired) electrons. The number of rotatable bonds is 2. The maximum absolute atomic E-state index is 6.45. The van der Waals surface area contributed by atoms with Crippen molar-refractivity contribution in [2.24, 2.45) is 5.41 Å². The van der Waals surface area contributed by atoms with Crippen molar-refractivity contribution in [1.82, 2.24) is 0 Å². The van der Waals surface area contributed by atoms with Gasteiger partial charge in [0.05, 0.1) is 11.7 Å². The van der Waals surface area contributed by atoms with Gasteiger partial charge >= 0.3 is 0 Å². The summed E-state index contributed by atoms with van der Waals surface area (Å²) < 4.78 is 12.6. The van der Waals surface area contributed by atoms with Gasteiger partial charge in [-0.15, -0.1) is 0 Å². The van der Waals surface area contributed by atoms with Crippen LogP contribution in [-0.4, -0.2) is 23.9 Å². The molecule has 3 unspecified atom stereocenters. The van der Waals surface area contributed by atoms with Crippen LogP contribution in [-0.2, 0) is 9.47 Å². The quantitative estimate of drug-likeness (QED) is 0.728. The molecule has 1 aliphatic heterocycles. The fraction of sp³-hybridized carbons (Fsp3) is 1.00. The molecule has 2 nitrogen and oxygen atoms in total. The highest BCUT2D eigenvalue weighted by Crippen LogP contribution is 2.58. The van der Waals surface area contributed by atoms with E-state index in [1.807, 2.05) is 0 Å². The van der Waals surface area contributed by atoms with E-state index in [0.29, 0.717) is 6.10 Å². The second-order valence-electron chi connectivity index (χ2n) is 6.70. The molecule has 0 aromatic heterocycles. The SMILES string of the molecule is CCOC1(C)CCCC(C)(C)C12CCC(C)O2. The molecule has 1 spiro atoms. The molecule has 2 fully saturated rings. The van der Waals surface area contributed by atoms with Gasteiger partial charge in [0.15, 0.2) is 0 Å². The zero-order valence-electron chi connectivity index (χ0n) is 12.1. The van der Waals surface area contributed by atoms with Crippen LogP contribution in [0.3, 0.4) is 0 Å². The van der Waals surface area contributed by atoms with Crippen LogP contribution in [0.1, 0.15) is 66.7 Å². The van der Waals surface area contributed by atoms with Gasteiger partial charge in [-0.25, -0.2) is 0 Å². The molecule has 1 heterocycles. The van der Waals surface area contributed by atoms with Gasteiger partial charge < -0.3 is 9.47 Å². The molecule has 100 valence electrons. The first kappa shape index (κ1) is 13.4. The zero-order valence-corrected chi connectivity index (χ0v) is 12.1. The summed E-state index contributed by atoms with van der Waals surface area (Å²) in [6.07, 6.45) is 6.35. The highest BCUT2D eigenvalue weighted by atomic mass is 16.6. The largest absolute Gasteiger partial charge is 0.373 e. The fourth-order valence-electron chi connectivity index (χ4n) is 4.25. The Kier molecular flexibility index (Phi) is 3.33. The first-order valence-electron chi connectivity index (χ1n) is 7.19. The predicted octanol–water partition coefficient (Wildman–Crippen LogP) is 3.93. The Morgan fingerprint density at radius 1 is 1.18 bits per heavy atom. The molecule has 1 aliphatic carbocycles. The lowest BCUT2D eigenvalue weighted by atomic mass is 9.57. The summed E-state index contributed by atoms with van der Waals surface area (Å²) in [7, 11) is 0. The van der Waals surface area contributed by atoms with E-state index in [-0.39, 0.29) is 16.6 Å². The Hall–Kier alpha value is -0.0800. The van der Waals surface area contributed by atoms with Crippen LogP contribution in [0.15, 0.2) is 0 Å². The molecular formula is C15H28O2. The van der Waals surface area contributed by atoms with Crippen molar-refractivity contribution in [3.8, 4) is 0 Å². The minimum atomic E-state index is -0.103. The average molecular weight is 240 g/mol. The van der Waals surface area contributed by atoms with Crippen molar-refractivity contribution >= 4 is 0 Å². The van der Waals surface area contributed by atoms with Crippen molar-refractivity contribution in [3.05, 3.63) is 0 Å². The Morgan fingerprint density at radius 2 is 1.88 bits per heavy atom. The summed E-state index contributed by atoms with van der Waals surface area (Å²) in [5.74, 6) is 0. The number of hydrogen-bond acceptors (Lipinski definition) is 2. The first-order chi connectivity index (χ1) is 7.87. The molecule has 0 aromatic carbocycles. The summed E-state index contributed by atoms with van der Waals surface area (Å²) in [6.45, 7) is 12.1. The van der Waals surface area contributed by atoms with E-state index < -0.39 is 0 Å². The standard InChI is InChI=1S/C15H28O2/c1-6-16-14(5)10-7-9-13(3,4)15(14)11-8-12(2)17-15/h12H,6-11H2,1-5H3. The summed E-state index contributed by atoms with van der Waals surface area (Å²) in [4.78, 5) is 0. The summed E-state index contributed by atoms with van der Waals surface area (Å²) in [6, 6.07) is 0.